The summed E-state index contributed by atoms with van der Waals surface area (Å²) in [6.45, 7) is 0. The molecule has 0 spiro atoms. The van der Waals surface area contributed by atoms with E-state index in [4.69, 9.17) is 9.47 Å². The lowest BCUT2D eigenvalue weighted by molar-refractivity contribution is 0.102. The minimum Gasteiger partial charge on any atom is -0.610 e. The molecule has 0 aliphatic heterocycles. The Labute approximate surface area is 165 Å². The van der Waals surface area contributed by atoms with E-state index < -0.39 is 11.2 Å². The monoisotopic (exact) mass is 397 g/mol. The number of carbonyl (C=O) groups is 1. The lowest BCUT2D eigenvalue weighted by Gasteiger charge is -2.15. The molecule has 1 N–H and O–H groups in total. The van der Waals surface area contributed by atoms with Gasteiger partial charge in [0.2, 0.25) is 0 Å². The van der Waals surface area contributed by atoms with Gasteiger partial charge in [0.25, 0.3) is 10.9 Å². The average Bonchev–Trinajstić information content (AvgIpc) is 2.74. The fraction of sp³-hybridized carbons (Fsp3) is 0.150. The van der Waals surface area contributed by atoms with Crippen LogP contribution in [0.4, 0.5) is 5.69 Å². The Morgan fingerprint density at radius 3 is 2.61 bits per heavy atom. The van der Waals surface area contributed by atoms with Gasteiger partial charge >= 0.3 is 0 Å². The molecule has 28 heavy (non-hydrogen) atoms. The van der Waals surface area contributed by atoms with Crippen LogP contribution in [-0.2, 0) is 16.9 Å². The predicted octanol–water partition coefficient (Wildman–Crippen LogP) is 3.05. The van der Waals surface area contributed by atoms with Gasteiger partial charge in [0.1, 0.15) is 22.8 Å². The van der Waals surface area contributed by atoms with Crippen molar-refractivity contribution in [3.05, 3.63) is 72.2 Å². The molecule has 1 atom stereocenters. The number of rotatable bonds is 7. The van der Waals surface area contributed by atoms with Crippen molar-refractivity contribution >= 4 is 22.8 Å². The highest BCUT2D eigenvalue weighted by Gasteiger charge is 2.24. The number of amides is 1. The van der Waals surface area contributed by atoms with Crippen molar-refractivity contribution < 1.29 is 18.8 Å². The molecule has 3 rings (SSSR count). The van der Waals surface area contributed by atoms with Gasteiger partial charge in [-0.3, -0.25) is 9.78 Å². The third kappa shape index (κ3) is 4.59. The van der Waals surface area contributed by atoms with Gasteiger partial charge in [-0.15, -0.1) is 0 Å². The minimum atomic E-state index is -1.55. The summed E-state index contributed by atoms with van der Waals surface area (Å²) >= 11 is -1.55. The van der Waals surface area contributed by atoms with Crippen molar-refractivity contribution in [1.82, 2.24) is 9.97 Å². The number of benzene rings is 1. The first-order chi connectivity index (χ1) is 13.6. The van der Waals surface area contributed by atoms with Gasteiger partial charge in [-0.2, -0.15) is 0 Å². The third-order valence-electron chi connectivity index (χ3n) is 3.95. The minimum absolute atomic E-state index is 0.152. The molecule has 0 radical (unpaired) electrons. The van der Waals surface area contributed by atoms with Crippen LogP contribution in [-0.4, -0.2) is 34.6 Å². The zero-order valence-electron chi connectivity index (χ0n) is 15.4. The first kappa shape index (κ1) is 19.7. The maximum Gasteiger partial charge on any atom is 0.262 e. The topological polar surface area (TPSA) is 96.4 Å². The number of methoxy groups -OCH3 is 2. The molecule has 2 heterocycles. The summed E-state index contributed by atoms with van der Waals surface area (Å²) in [5.41, 5.74) is 1.58. The van der Waals surface area contributed by atoms with Gasteiger partial charge in [0.05, 0.1) is 14.2 Å². The van der Waals surface area contributed by atoms with Gasteiger partial charge in [-0.1, -0.05) is 0 Å². The summed E-state index contributed by atoms with van der Waals surface area (Å²) in [6, 6.07) is 11.9. The number of aromatic nitrogens is 2. The zero-order valence-corrected chi connectivity index (χ0v) is 16.2. The van der Waals surface area contributed by atoms with Crippen LogP contribution in [0, 0.1) is 0 Å². The smallest absolute Gasteiger partial charge is 0.262 e. The second-order valence-corrected chi connectivity index (χ2v) is 7.08. The molecule has 0 fully saturated rings. The molecule has 144 valence electrons. The molecule has 0 aliphatic rings. The number of nitrogens with one attached hydrogen (secondary N) is 1. The largest absolute Gasteiger partial charge is 0.610 e. The van der Waals surface area contributed by atoms with Crippen LogP contribution in [0.15, 0.2) is 66.1 Å². The highest BCUT2D eigenvalue weighted by atomic mass is 32.2. The second-order valence-electron chi connectivity index (χ2n) is 5.71. The number of hydrogen-bond acceptors (Lipinski definition) is 6. The van der Waals surface area contributed by atoms with Crippen LogP contribution in [0.1, 0.15) is 15.9 Å². The van der Waals surface area contributed by atoms with Crippen molar-refractivity contribution in [1.29, 1.82) is 0 Å². The molecule has 1 aromatic carbocycles. The predicted molar refractivity (Wildman–Crippen MR) is 106 cm³/mol. The SMILES string of the molecule is COc1ccc(C[S+]([O-])c2ncccc2C(=O)Nc2ccncc2)c(OC)c1. The highest BCUT2D eigenvalue weighted by Crippen LogP contribution is 2.28. The summed E-state index contributed by atoms with van der Waals surface area (Å²) in [4.78, 5) is 20.8. The average molecular weight is 397 g/mol. The maximum absolute atomic E-state index is 13.0. The summed E-state index contributed by atoms with van der Waals surface area (Å²) in [5, 5.41) is 2.98. The van der Waals surface area contributed by atoms with E-state index in [1.54, 1.807) is 62.0 Å². The van der Waals surface area contributed by atoms with E-state index >= 15 is 0 Å². The second kappa shape index (κ2) is 9.20. The Hall–Kier alpha value is -3.10. The molecule has 0 saturated carbocycles. The fourth-order valence-corrected chi connectivity index (χ4v) is 3.80. The van der Waals surface area contributed by atoms with Crippen LogP contribution in [0.3, 0.4) is 0 Å². The van der Waals surface area contributed by atoms with Crippen LogP contribution >= 0.6 is 0 Å². The molecule has 7 nitrogen and oxygen atoms in total. The lowest BCUT2D eigenvalue weighted by Crippen LogP contribution is -2.18. The van der Waals surface area contributed by atoms with Crippen molar-refractivity contribution in [3.63, 3.8) is 0 Å². The van der Waals surface area contributed by atoms with Gasteiger partial charge in [0, 0.05) is 47.1 Å². The Morgan fingerprint density at radius 1 is 1.11 bits per heavy atom. The molecule has 1 unspecified atom stereocenters. The van der Waals surface area contributed by atoms with Crippen molar-refractivity contribution in [2.75, 3.05) is 19.5 Å². The van der Waals surface area contributed by atoms with E-state index in [2.05, 4.69) is 15.3 Å². The normalized spacial score (nSPS) is 11.5. The van der Waals surface area contributed by atoms with E-state index in [0.29, 0.717) is 17.2 Å². The van der Waals surface area contributed by atoms with Crippen LogP contribution in [0.2, 0.25) is 0 Å². The van der Waals surface area contributed by atoms with Crippen molar-refractivity contribution in [2.45, 2.75) is 10.8 Å². The van der Waals surface area contributed by atoms with Crippen molar-refractivity contribution in [2.24, 2.45) is 0 Å². The summed E-state index contributed by atoms with van der Waals surface area (Å²) in [5.74, 6) is 0.970. The summed E-state index contributed by atoms with van der Waals surface area (Å²) < 4.78 is 23.5. The number of anilines is 1. The van der Waals surface area contributed by atoms with Crippen molar-refractivity contribution in [3.8, 4) is 11.5 Å². The maximum atomic E-state index is 13.0. The molecule has 2 aromatic heterocycles. The number of nitrogens with zero attached hydrogens (tertiary/aromatic N) is 2. The highest BCUT2D eigenvalue weighted by molar-refractivity contribution is 7.90. The van der Waals surface area contributed by atoms with Gasteiger partial charge in [0.15, 0.2) is 0 Å². The molecular weight excluding hydrogens is 378 g/mol. The number of pyridine rings is 2. The zero-order chi connectivity index (χ0) is 19.9. The molecular formula is C20H19N3O4S. The standard InChI is InChI=1S/C20H19N3O4S/c1-26-16-6-5-14(18(12-16)27-2)13-28(25)20-17(4-3-9-22-20)19(24)23-15-7-10-21-11-8-15/h3-12H,13H2,1-2H3,(H,21,23,24). The number of carbonyl (C=O) groups excluding carboxylic acids is 1. The first-order valence-electron chi connectivity index (χ1n) is 8.38. The van der Waals surface area contributed by atoms with Crippen LogP contribution < -0.4 is 14.8 Å². The number of hydrogen-bond donors (Lipinski definition) is 1. The van der Waals surface area contributed by atoms with E-state index in [1.165, 1.54) is 13.3 Å². The molecule has 8 heteroatoms. The Balaban J connectivity index is 1.83. The van der Waals surface area contributed by atoms with Crippen LogP contribution in [0.5, 0.6) is 11.5 Å². The van der Waals surface area contributed by atoms with E-state index in [1.807, 2.05) is 0 Å². The molecule has 0 bridgehead atoms. The Kier molecular flexibility index (Phi) is 6.46. The summed E-state index contributed by atoms with van der Waals surface area (Å²) in [7, 11) is 3.10. The Morgan fingerprint density at radius 2 is 1.89 bits per heavy atom. The van der Waals surface area contributed by atoms with E-state index in [0.717, 1.165) is 5.56 Å². The summed E-state index contributed by atoms with van der Waals surface area (Å²) in [6.07, 6.45) is 4.67. The van der Waals surface area contributed by atoms with E-state index in [9.17, 15) is 9.35 Å². The fourth-order valence-electron chi connectivity index (χ4n) is 2.56. The Bertz CT molecular complexity index is 953. The molecule has 0 aliphatic carbocycles. The molecule has 1 amide bonds. The molecule has 0 saturated heterocycles. The quantitative estimate of drug-likeness (QED) is 0.616. The molecule has 3 aromatic rings. The third-order valence-corrected chi connectivity index (χ3v) is 5.28. The lowest BCUT2D eigenvalue weighted by atomic mass is 10.2. The van der Waals surface area contributed by atoms with Gasteiger partial charge in [-0.25, -0.2) is 4.98 Å². The first-order valence-corrected chi connectivity index (χ1v) is 9.70. The van der Waals surface area contributed by atoms with Gasteiger partial charge < -0.3 is 19.3 Å². The van der Waals surface area contributed by atoms with Crippen LogP contribution in [0.25, 0.3) is 0 Å². The van der Waals surface area contributed by atoms with E-state index in [-0.39, 0.29) is 22.2 Å². The number of ether oxygens (including phenoxy) is 2. The van der Waals surface area contributed by atoms with Gasteiger partial charge in [-0.05, 0) is 36.4 Å².